The zero-order valence-electron chi connectivity index (χ0n) is 17.4. The van der Waals surface area contributed by atoms with Gasteiger partial charge in [-0.25, -0.2) is 0 Å². The van der Waals surface area contributed by atoms with Gasteiger partial charge in [0.15, 0.2) is 0 Å². The van der Waals surface area contributed by atoms with Crippen LogP contribution in [0.5, 0.6) is 23.0 Å². The smallest absolute Gasteiger partial charge is 0.138 e. The lowest BCUT2D eigenvalue weighted by molar-refractivity contribution is 0.134. The molecule has 0 aromatic heterocycles. The summed E-state index contributed by atoms with van der Waals surface area (Å²) < 4.78 is 24.6. The van der Waals surface area contributed by atoms with Gasteiger partial charge in [-0.2, -0.15) is 0 Å². The molecule has 152 valence electrons. The molecule has 0 N–H and O–H groups in total. The molecule has 3 aliphatic rings. The minimum Gasteiger partial charge on any atom is -0.492 e. The predicted octanol–water partition coefficient (Wildman–Crippen LogP) is 4.42. The summed E-state index contributed by atoms with van der Waals surface area (Å²) in [6, 6.07) is 10.3. The van der Waals surface area contributed by atoms with Crippen molar-refractivity contribution in [3.63, 3.8) is 0 Å². The second kappa shape index (κ2) is 6.70. The first-order valence-electron chi connectivity index (χ1n) is 10.2. The van der Waals surface area contributed by atoms with Gasteiger partial charge in [-0.1, -0.05) is 6.07 Å². The number of benzene rings is 2. The van der Waals surface area contributed by atoms with Crippen molar-refractivity contribution in [1.29, 1.82) is 0 Å². The zero-order chi connectivity index (χ0) is 20.2. The predicted molar refractivity (Wildman–Crippen MR) is 112 cm³/mol. The number of fused-ring (bicyclic) bond motifs is 7. The largest absolute Gasteiger partial charge is 0.492 e. The van der Waals surface area contributed by atoms with Crippen LogP contribution in [0.25, 0.3) is 6.08 Å². The lowest BCUT2D eigenvalue weighted by atomic mass is 9.87. The molecule has 0 bridgehead atoms. The standard InChI is InChI=1S/C24H27NO4/c1-24(2)10-9-17-20(29-24)8-7-18-22(17)27-14-19-16-6-5-15(26-12-11-25(3)4)13-21(16)28-23(18)19/h5-10,13,19,23H,11-12,14H2,1-4H3/t19-,23-/m0/s1. The van der Waals surface area contributed by atoms with Crippen LogP contribution in [-0.4, -0.2) is 44.4 Å². The van der Waals surface area contributed by atoms with E-state index < -0.39 is 0 Å². The summed E-state index contributed by atoms with van der Waals surface area (Å²) in [4.78, 5) is 2.10. The van der Waals surface area contributed by atoms with Crippen molar-refractivity contribution >= 4 is 6.08 Å². The van der Waals surface area contributed by atoms with E-state index in [1.807, 2.05) is 32.3 Å². The lowest BCUT2D eigenvalue weighted by Crippen LogP contribution is -2.29. The van der Waals surface area contributed by atoms with Gasteiger partial charge >= 0.3 is 0 Å². The lowest BCUT2D eigenvalue weighted by Gasteiger charge is -2.33. The Morgan fingerprint density at radius 1 is 1.10 bits per heavy atom. The third-order valence-electron chi connectivity index (χ3n) is 5.74. The summed E-state index contributed by atoms with van der Waals surface area (Å²) in [6.45, 7) is 6.23. The molecule has 0 amide bonds. The molecule has 2 aromatic carbocycles. The molecule has 0 saturated heterocycles. The first kappa shape index (κ1) is 18.4. The first-order chi connectivity index (χ1) is 13.9. The number of hydrogen-bond donors (Lipinski definition) is 0. The maximum atomic E-state index is 6.40. The van der Waals surface area contributed by atoms with E-state index in [1.54, 1.807) is 0 Å². The van der Waals surface area contributed by atoms with E-state index in [0.717, 1.165) is 40.7 Å². The molecule has 2 atom stereocenters. The Bertz CT molecular complexity index is 979. The van der Waals surface area contributed by atoms with Crippen LogP contribution in [0.4, 0.5) is 0 Å². The van der Waals surface area contributed by atoms with E-state index in [0.29, 0.717) is 13.2 Å². The fourth-order valence-corrected chi connectivity index (χ4v) is 4.20. The topological polar surface area (TPSA) is 40.2 Å². The SMILES string of the molecule is CN(C)CCOc1ccc2c(c1)O[C@H]1c3ccc4c(c3OC[C@@H]21)C=CC(C)(C)O4. The van der Waals surface area contributed by atoms with E-state index in [9.17, 15) is 0 Å². The molecular weight excluding hydrogens is 366 g/mol. The fourth-order valence-electron chi connectivity index (χ4n) is 4.20. The van der Waals surface area contributed by atoms with Crippen molar-refractivity contribution in [3.05, 3.63) is 53.1 Å². The Labute approximate surface area is 171 Å². The minimum atomic E-state index is -0.304. The molecule has 0 radical (unpaired) electrons. The maximum Gasteiger partial charge on any atom is 0.138 e. The van der Waals surface area contributed by atoms with E-state index in [-0.39, 0.29) is 17.6 Å². The Balaban J connectivity index is 1.42. The highest BCUT2D eigenvalue weighted by molar-refractivity contribution is 5.70. The van der Waals surface area contributed by atoms with Gasteiger partial charge in [0.1, 0.15) is 41.3 Å². The van der Waals surface area contributed by atoms with Gasteiger partial charge in [-0.3, -0.25) is 0 Å². The minimum absolute atomic E-state index is 0.0422. The third kappa shape index (κ3) is 3.23. The van der Waals surface area contributed by atoms with Crippen molar-refractivity contribution in [3.8, 4) is 23.0 Å². The van der Waals surface area contributed by atoms with Gasteiger partial charge in [0, 0.05) is 23.7 Å². The van der Waals surface area contributed by atoms with Gasteiger partial charge in [0.05, 0.1) is 18.1 Å². The number of ether oxygens (including phenoxy) is 4. The van der Waals surface area contributed by atoms with Crippen LogP contribution < -0.4 is 18.9 Å². The quantitative estimate of drug-likeness (QED) is 0.769. The molecule has 5 nitrogen and oxygen atoms in total. The molecule has 0 spiro atoms. The second-order valence-corrected chi connectivity index (χ2v) is 8.74. The third-order valence-corrected chi connectivity index (χ3v) is 5.74. The van der Waals surface area contributed by atoms with E-state index >= 15 is 0 Å². The van der Waals surface area contributed by atoms with E-state index in [4.69, 9.17) is 18.9 Å². The van der Waals surface area contributed by atoms with Gasteiger partial charge in [0.2, 0.25) is 0 Å². The molecule has 3 aliphatic heterocycles. The van der Waals surface area contributed by atoms with Gasteiger partial charge < -0.3 is 23.8 Å². The Morgan fingerprint density at radius 3 is 2.76 bits per heavy atom. The number of hydrogen-bond acceptors (Lipinski definition) is 5. The summed E-state index contributed by atoms with van der Waals surface area (Å²) in [5.74, 6) is 3.67. The zero-order valence-corrected chi connectivity index (χ0v) is 17.4. The van der Waals surface area contributed by atoms with Gasteiger partial charge in [-0.15, -0.1) is 0 Å². The van der Waals surface area contributed by atoms with Crippen molar-refractivity contribution < 1.29 is 18.9 Å². The van der Waals surface area contributed by atoms with Crippen LogP contribution in [0.2, 0.25) is 0 Å². The molecule has 0 saturated carbocycles. The average molecular weight is 393 g/mol. The number of likely N-dealkylation sites (N-methyl/N-ethyl adjacent to an activating group) is 1. The summed E-state index contributed by atoms with van der Waals surface area (Å²) in [5, 5.41) is 0. The van der Waals surface area contributed by atoms with Crippen LogP contribution in [-0.2, 0) is 0 Å². The van der Waals surface area contributed by atoms with Crippen LogP contribution in [0.15, 0.2) is 36.4 Å². The van der Waals surface area contributed by atoms with Crippen molar-refractivity contribution in [1.82, 2.24) is 4.90 Å². The normalized spacial score (nSPS) is 22.5. The molecule has 29 heavy (non-hydrogen) atoms. The van der Waals surface area contributed by atoms with Crippen LogP contribution in [0.3, 0.4) is 0 Å². The van der Waals surface area contributed by atoms with Crippen molar-refractivity contribution in [2.45, 2.75) is 31.5 Å². The average Bonchev–Trinajstić information content (AvgIpc) is 3.04. The molecule has 2 aromatic rings. The van der Waals surface area contributed by atoms with Crippen molar-refractivity contribution in [2.75, 3.05) is 33.9 Å². The van der Waals surface area contributed by atoms with Gasteiger partial charge in [-0.05, 0) is 58.3 Å². The monoisotopic (exact) mass is 393 g/mol. The molecule has 0 aliphatic carbocycles. The Hall–Kier alpha value is -2.66. The summed E-state index contributed by atoms with van der Waals surface area (Å²) >= 11 is 0. The molecule has 0 fully saturated rings. The highest BCUT2D eigenvalue weighted by Gasteiger charge is 2.42. The van der Waals surface area contributed by atoms with Crippen LogP contribution >= 0.6 is 0 Å². The number of nitrogens with zero attached hydrogens (tertiary/aromatic N) is 1. The fraction of sp³-hybridized carbons (Fsp3) is 0.417. The van der Waals surface area contributed by atoms with E-state index in [2.05, 4.69) is 43.0 Å². The number of rotatable bonds is 4. The Kier molecular flexibility index (Phi) is 4.24. The summed E-state index contributed by atoms with van der Waals surface area (Å²) in [5.41, 5.74) is 2.97. The summed E-state index contributed by atoms with van der Waals surface area (Å²) in [7, 11) is 4.08. The molecule has 0 unspecified atom stereocenters. The molecular formula is C24H27NO4. The maximum absolute atomic E-state index is 6.40. The van der Waals surface area contributed by atoms with Gasteiger partial charge in [0.25, 0.3) is 0 Å². The van der Waals surface area contributed by atoms with E-state index in [1.165, 1.54) is 5.56 Å². The molecule has 5 rings (SSSR count). The summed E-state index contributed by atoms with van der Waals surface area (Å²) in [6.07, 6.45) is 4.14. The highest BCUT2D eigenvalue weighted by atomic mass is 16.5. The van der Waals surface area contributed by atoms with Crippen LogP contribution in [0.1, 0.15) is 42.6 Å². The first-order valence-corrected chi connectivity index (χ1v) is 10.2. The molecule has 5 heteroatoms. The highest BCUT2D eigenvalue weighted by Crippen LogP contribution is 2.54. The van der Waals surface area contributed by atoms with Crippen LogP contribution in [0, 0.1) is 0 Å². The van der Waals surface area contributed by atoms with Crippen molar-refractivity contribution in [2.24, 2.45) is 0 Å². The second-order valence-electron chi connectivity index (χ2n) is 8.74. The Morgan fingerprint density at radius 2 is 1.93 bits per heavy atom. The molecule has 3 heterocycles.